The van der Waals surface area contributed by atoms with Gasteiger partial charge in [-0.05, 0) is 26.2 Å². The van der Waals surface area contributed by atoms with Crippen molar-refractivity contribution in [2.75, 3.05) is 25.6 Å². The Kier molecular flexibility index (Phi) is 4.95. The number of alkyl halides is 3. The number of likely N-dealkylation sites (tertiary alicyclic amines) is 1. The first-order valence-corrected chi connectivity index (χ1v) is 8.52. The molecule has 1 aromatic heterocycles. The molecular weight excluding hydrogens is 337 g/mol. The summed E-state index contributed by atoms with van der Waals surface area (Å²) in [6, 6.07) is -0.534. The minimum atomic E-state index is -4.35. The number of rotatable bonds is 4. The van der Waals surface area contributed by atoms with Gasteiger partial charge in [-0.2, -0.15) is 18.3 Å². The molecule has 2 aliphatic rings. The van der Waals surface area contributed by atoms with Crippen LogP contribution in [0.4, 0.5) is 19.0 Å². The van der Waals surface area contributed by atoms with Gasteiger partial charge in [0.25, 0.3) is 0 Å². The summed E-state index contributed by atoms with van der Waals surface area (Å²) in [6.07, 6.45) is -2.61. The summed E-state index contributed by atoms with van der Waals surface area (Å²) in [5.74, 6) is 0.316. The number of methoxy groups -OCH3 is 1. The number of ether oxygens (including phenoxy) is 1. The molecule has 1 saturated heterocycles. The van der Waals surface area contributed by atoms with E-state index in [2.05, 4.69) is 10.4 Å². The molecule has 0 aliphatic carbocycles. The average Bonchev–Trinajstić information content (AvgIpc) is 3.16. The van der Waals surface area contributed by atoms with Gasteiger partial charge in [-0.3, -0.25) is 4.79 Å². The van der Waals surface area contributed by atoms with E-state index < -0.39 is 12.2 Å². The molecule has 0 saturated carbocycles. The number of hydrogen-bond donors (Lipinski definition) is 1. The molecule has 0 unspecified atom stereocenters. The lowest BCUT2D eigenvalue weighted by Gasteiger charge is -2.31. The summed E-state index contributed by atoms with van der Waals surface area (Å²) in [5, 5.41) is 7.30. The van der Waals surface area contributed by atoms with Crippen molar-refractivity contribution in [2.24, 2.45) is 0 Å². The molecule has 3 heterocycles. The van der Waals surface area contributed by atoms with Crippen molar-refractivity contribution in [3.8, 4) is 0 Å². The number of hydrogen-bond acceptors (Lipinski definition) is 4. The van der Waals surface area contributed by atoms with Crippen LogP contribution in [0, 0.1) is 0 Å². The van der Waals surface area contributed by atoms with Crippen LogP contribution in [-0.4, -0.2) is 53.1 Å². The number of carbonyl (C=O) groups excluding carboxylic acids is 1. The molecule has 6 nitrogen and oxygen atoms in total. The molecule has 2 aliphatic heterocycles. The third-order valence-corrected chi connectivity index (χ3v) is 4.83. The topological polar surface area (TPSA) is 59.4 Å². The van der Waals surface area contributed by atoms with E-state index in [-0.39, 0.29) is 30.8 Å². The average molecular weight is 360 g/mol. The van der Waals surface area contributed by atoms with Crippen LogP contribution < -0.4 is 5.32 Å². The summed E-state index contributed by atoms with van der Waals surface area (Å²) in [7, 11) is 1.53. The lowest BCUT2D eigenvalue weighted by Crippen LogP contribution is -2.38. The number of carbonyl (C=O) groups is 1. The maximum absolute atomic E-state index is 13.4. The van der Waals surface area contributed by atoms with E-state index in [1.165, 1.54) is 7.11 Å². The Morgan fingerprint density at radius 1 is 1.48 bits per heavy atom. The lowest BCUT2D eigenvalue weighted by atomic mass is 10.1. The van der Waals surface area contributed by atoms with Crippen molar-refractivity contribution >= 4 is 11.7 Å². The molecule has 3 rings (SSSR count). The minimum absolute atomic E-state index is 0.0518. The standard InChI is InChI=1S/C16H23F3N4O2/c1-10-8-13(16(17,18)19)23-14(20-10)9-11(21-23)12-4-3-6-22(12)15(24)5-7-25-2/h9-10,12-13,20H,3-8H2,1-2H3/t10-,12-,13-/m1/s1. The zero-order valence-electron chi connectivity index (χ0n) is 14.3. The molecule has 1 aromatic rings. The second-order valence-electron chi connectivity index (χ2n) is 6.73. The Hall–Kier alpha value is -1.77. The Bertz CT molecular complexity index is 631. The molecule has 3 atom stereocenters. The van der Waals surface area contributed by atoms with E-state index in [1.54, 1.807) is 17.9 Å². The van der Waals surface area contributed by atoms with Crippen LogP contribution in [0.15, 0.2) is 6.07 Å². The molecule has 1 N–H and O–H groups in total. The number of fused-ring (bicyclic) bond motifs is 1. The van der Waals surface area contributed by atoms with Crippen molar-refractivity contribution in [2.45, 2.75) is 56.9 Å². The molecule has 25 heavy (non-hydrogen) atoms. The molecule has 0 spiro atoms. The first kappa shape index (κ1) is 18.0. The maximum Gasteiger partial charge on any atom is 0.410 e. The van der Waals surface area contributed by atoms with E-state index in [0.29, 0.717) is 31.1 Å². The minimum Gasteiger partial charge on any atom is -0.384 e. The van der Waals surface area contributed by atoms with Crippen LogP contribution in [0.1, 0.15) is 50.4 Å². The van der Waals surface area contributed by atoms with Crippen LogP contribution in [-0.2, 0) is 9.53 Å². The fraction of sp³-hybridized carbons (Fsp3) is 0.750. The van der Waals surface area contributed by atoms with Crippen molar-refractivity contribution in [3.63, 3.8) is 0 Å². The second-order valence-corrected chi connectivity index (χ2v) is 6.73. The van der Waals surface area contributed by atoms with E-state index in [4.69, 9.17) is 4.74 Å². The van der Waals surface area contributed by atoms with E-state index >= 15 is 0 Å². The molecule has 0 radical (unpaired) electrons. The Labute approximate surface area is 144 Å². The van der Waals surface area contributed by atoms with E-state index in [0.717, 1.165) is 11.1 Å². The first-order valence-electron chi connectivity index (χ1n) is 8.52. The van der Waals surface area contributed by atoms with E-state index in [1.807, 2.05) is 0 Å². The van der Waals surface area contributed by atoms with Gasteiger partial charge in [-0.1, -0.05) is 0 Å². The highest BCUT2D eigenvalue weighted by atomic mass is 19.4. The lowest BCUT2D eigenvalue weighted by molar-refractivity contribution is -0.173. The summed E-state index contributed by atoms with van der Waals surface area (Å²) in [5.41, 5.74) is 0.522. The van der Waals surface area contributed by atoms with Crippen LogP contribution in [0.3, 0.4) is 0 Å². The molecule has 1 fully saturated rings. The number of nitrogens with zero attached hydrogens (tertiary/aromatic N) is 3. The van der Waals surface area contributed by atoms with E-state index in [9.17, 15) is 18.0 Å². The maximum atomic E-state index is 13.4. The zero-order valence-corrected chi connectivity index (χ0v) is 14.3. The van der Waals surface area contributed by atoms with Gasteiger partial charge in [0, 0.05) is 25.8 Å². The number of anilines is 1. The molecule has 1 amide bonds. The molecule has 9 heteroatoms. The number of aromatic nitrogens is 2. The third kappa shape index (κ3) is 3.61. The Morgan fingerprint density at radius 3 is 2.92 bits per heavy atom. The van der Waals surface area contributed by atoms with Gasteiger partial charge >= 0.3 is 6.18 Å². The van der Waals surface area contributed by atoms with Gasteiger partial charge in [0.15, 0.2) is 6.04 Å². The summed E-state index contributed by atoms with van der Waals surface area (Å²) in [6.45, 7) is 2.66. The largest absolute Gasteiger partial charge is 0.410 e. The van der Waals surface area contributed by atoms with Gasteiger partial charge in [0.05, 0.1) is 24.8 Å². The summed E-state index contributed by atoms with van der Waals surface area (Å²) in [4.78, 5) is 14.0. The van der Waals surface area contributed by atoms with Gasteiger partial charge in [0.2, 0.25) is 5.91 Å². The van der Waals surface area contributed by atoms with Crippen molar-refractivity contribution in [3.05, 3.63) is 11.8 Å². The van der Waals surface area contributed by atoms with Gasteiger partial charge in [-0.15, -0.1) is 0 Å². The highest BCUT2D eigenvalue weighted by Crippen LogP contribution is 2.41. The fourth-order valence-electron chi connectivity index (χ4n) is 3.65. The van der Waals surface area contributed by atoms with Crippen LogP contribution >= 0.6 is 0 Å². The smallest absolute Gasteiger partial charge is 0.384 e. The predicted molar refractivity (Wildman–Crippen MR) is 85.2 cm³/mol. The highest BCUT2D eigenvalue weighted by molar-refractivity contribution is 5.77. The van der Waals surface area contributed by atoms with Crippen molar-refractivity contribution in [1.29, 1.82) is 0 Å². The normalized spacial score (nSPS) is 26.4. The molecular formula is C16H23F3N4O2. The third-order valence-electron chi connectivity index (χ3n) is 4.83. The van der Waals surface area contributed by atoms with Crippen LogP contribution in [0.2, 0.25) is 0 Å². The number of nitrogens with one attached hydrogen (secondary N) is 1. The van der Waals surface area contributed by atoms with Gasteiger partial charge < -0.3 is 15.0 Å². The van der Waals surface area contributed by atoms with Gasteiger partial charge in [0.1, 0.15) is 5.82 Å². The Morgan fingerprint density at radius 2 is 2.24 bits per heavy atom. The molecule has 0 bridgehead atoms. The fourth-order valence-corrected chi connectivity index (χ4v) is 3.65. The van der Waals surface area contributed by atoms with Crippen LogP contribution in [0.25, 0.3) is 0 Å². The predicted octanol–water partition coefficient (Wildman–Crippen LogP) is 2.89. The second kappa shape index (κ2) is 6.86. The number of amides is 1. The highest BCUT2D eigenvalue weighted by Gasteiger charge is 2.46. The monoisotopic (exact) mass is 360 g/mol. The summed E-state index contributed by atoms with van der Waals surface area (Å²) < 4.78 is 46.0. The van der Waals surface area contributed by atoms with Gasteiger partial charge in [-0.25, -0.2) is 4.68 Å². The Balaban J connectivity index is 1.85. The first-order chi connectivity index (χ1) is 11.8. The summed E-state index contributed by atoms with van der Waals surface area (Å²) >= 11 is 0. The quantitative estimate of drug-likeness (QED) is 0.897. The van der Waals surface area contributed by atoms with Crippen molar-refractivity contribution in [1.82, 2.24) is 14.7 Å². The molecule has 140 valence electrons. The number of halogens is 3. The van der Waals surface area contributed by atoms with Crippen molar-refractivity contribution < 1.29 is 22.7 Å². The SMILES string of the molecule is COCCC(=O)N1CCC[C@@H]1c1cc2n(n1)[C@@H](C(F)(F)F)C[C@@H](C)N2. The molecule has 0 aromatic carbocycles. The van der Waals surface area contributed by atoms with Crippen LogP contribution in [0.5, 0.6) is 0 Å². The zero-order chi connectivity index (χ0) is 18.2.